The molecule has 138 valence electrons. The Bertz CT molecular complexity index is 531. The molecule has 1 aliphatic heterocycles. The molecule has 2 fully saturated rings. The Labute approximate surface area is 151 Å². The number of nitrogens with one attached hydrogen (secondary N) is 2. The summed E-state index contributed by atoms with van der Waals surface area (Å²) in [5.74, 6) is 0.951. The van der Waals surface area contributed by atoms with Crippen molar-refractivity contribution in [2.45, 2.75) is 51.6 Å². The number of rotatable bonds is 5. The molecule has 1 aromatic carbocycles. The topological polar surface area (TPSA) is 48.9 Å². The van der Waals surface area contributed by atoms with Gasteiger partial charge in [-0.2, -0.15) is 0 Å². The third kappa shape index (κ3) is 5.63. The second-order valence-corrected chi connectivity index (χ2v) is 6.94. The maximum atomic E-state index is 5.42. The SMILES string of the molecule is CCNC(=NCc1ccc(N2CCOCC2)cc1)NC1CCCCC1. The molecule has 1 aliphatic carbocycles. The Morgan fingerprint density at radius 3 is 2.52 bits per heavy atom. The van der Waals surface area contributed by atoms with Gasteiger partial charge in [-0.25, -0.2) is 4.99 Å². The lowest BCUT2D eigenvalue weighted by Gasteiger charge is -2.28. The first-order valence-electron chi connectivity index (χ1n) is 9.81. The van der Waals surface area contributed by atoms with Gasteiger partial charge in [0, 0.05) is 31.4 Å². The molecule has 5 heteroatoms. The fraction of sp³-hybridized carbons (Fsp3) is 0.650. The fourth-order valence-corrected chi connectivity index (χ4v) is 3.56. The number of hydrogen-bond acceptors (Lipinski definition) is 3. The van der Waals surface area contributed by atoms with Crippen molar-refractivity contribution in [3.8, 4) is 0 Å². The number of ether oxygens (including phenoxy) is 1. The summed E-state index contributed by atoms with van der Waals surface area (Å²) in [6.45, 7) is 7.34. The van der Waals surface area contributed by atoms with Gasteiger partial charge in [-0.05, 0) is 37.5 Å². The number of morpholine rings is 1. The van der Waals surface area contributed by atoms with Crippen molar-refractivity contribution in [1.29, 1.82) is 0 Å². The summed E-state index contributed by atoms with van der Waals surface area (Å²) < 4.78 is 5.42. The molecule has 5 nitrogen and oxygen atoms in total. The zero-order valence-electron chi connectivity index (χ0n) is 15.5. The average Bonchev–Trinajstić information content (AvgIpc) is 2.68. The van der Waals surface area contributed by atoms with Crippen molar-refractivity contribution in [1.82, 2.24) is 10.6 Å². The van der Waals surface area contributed by atoms with Crippen LogP contribution in [0.5, 0.6) is 0 Å². The van der Waals surface area contributed by atoms with Gasteiger partial charge in [-0.1, -0.05) is 31.4 Å². The van der Waals surface area contributed by atoms with Gasteiger partial charge >= 0.3 is 0 Å². The Morgan fingerprint density at radius 1 is 1.12 bits per heavy atom. The van der Waals surface area contributed by atoms with E-state index in [2.05, 4.69) is 46.7 Å². The molecule has 0 bridgehead atoms. The van der Waals surface area contributed by atoms with Crippen LogP contribution in [-0.2, 0) is 11.3 Å². The predicted octanol–water partition coefficient (Wildman–Crippen LogP) is 2.91. The van der Waals surface area contributed by atoms with E-state index in [1.54, 1.807) is 0 Å². The molecule has 2 aliphatic rings. The van der Waals surface area contributed by atoms with Crippen LogP contribution in [0, 0.1) is 0 Å². The molecular weight excluding hydrogens is 312 g/mol. The van der Waals surface area contributed by atoms with Crippen LogP contribution >= 0.6 is 0 Å². The molecule has 1 saturated heterocycles. The molecule has 0 amide bonds. The van der Waals surface area contributed by atoms with Crippen LogP contribution in [0.15, 0.2) is 29.3 Å². The smallest absolute Gasteiger partial charge is 0.191 e. The maximum Gasteiger partial charge on any atom is 0.191 e. The van der Waals surface area contributed by atoms with Crippen LogP contribution in [0.2, 0.25) is 0 Å². The first-order valence-corrected chi connectivity index (χ1v) is 9.81. The van der Waals surface area contributed by atoms with Crippen LogP contribution < -0.4 is 15.5 Å². The van der Waals surface area contributed by atoms with E-state index in [9.17, 15) is 0 Å². The molecule has 0 unspecified atom stereocenters. The number of hydrogen-bond donors (Lipinski definition) is 2. The molecule has 1 aromatic rings. The summed E-state index contributed by atoms with van der Waals surface area (Å²) in [4.78, 5) is 7.16. The quantitative estimate of drug-likeness (QED) is 0.637. The number of anilines is 1. The molecule has 0 radical (unpaired) electrons. The van der Waals surface area contributed by atoms with E-state index >= 15 is 0 Å². The number of aliphatic imine (C=N–C) groups is 1. The Morgan fingerprint density at radius 2 is 1.84 bits per heavy atom. The summed E-state index contributed by atoms with van der Waals surface area (Å²) in [7, 11) is 0. The van der Waals surface area contributed by atoms with Crippen LogP contribution in [0.3, 0.4) is 0 Å². The first-order chi connectivity index (χ1) is 12.3. The van der Waals surface area contributed by atoms with Gasteiger partial charge in [-0.15, -0.1) is 0 Å². The number of guanidine groups is 1. The summed E-state index contributed by atoms with van der Waals surface area (Å²) in [5, 5.41) is 6.99. The van der Waals surface area contributed by atoms with Crippen molar-refractivity contribution >= 4 is 11.6 Å². The van der Waals surface area contributed by atoms with E-state index in [1.165, 1.54) is 43.4 Å². The van der Waals surface area contributed by atoms with E-state index < -0.39 is 0 Å². The Hall–Kier alpha value is -1.75. The maximum absolute atomic E-state index is 5.42. The standard InChI is InChI=1S/C20H32N4O/c1-2-21-20(23-18-6-4-3-5-7-18)22-16-17-8-10-19(11-9-17)24-12-14-25-15-13-24/h8-11,18H,2-7,12-16H2,1H3,(H2,21,22,23). The monoisotopic (exact) mass is 344 g/mol. The Balaban J connectivity index is 1.55. The minimum Gasteiger partial charge on any atom is -0.378 e. The third-order valence-electron chi connectivity index (χ3n) is 5.02. The molecule has 25 heavy (non-hydrogen) atoms. The molecule has 3 rings (SSSR count). The molecular formula is C20H32N4O. The lowest BCUT2D eigenvalue weighted by molar-refractivity contribution is 0.122. The second-order valence-electron chi connectivity index (χ2n) is 6.94. The van der Waals surface area contributed by atoms with E-state index in [0.717, 1.165) is 38.8 Å². The summed E-state index contributed by atoms with van der Waals surface area (Å²) in [6.07, 6.45) is 6.57. The van der Waals surface area contributed by atoms with Gasteiger partial charge in [0.2, 0.25) is 0 Å². The van der Waals surface area contributed by atoms with Gasteiger partial charge in [-0.3, -0.25) is 0 Å². The predicted molar refractivity (Wildman–Crippen MR) is 104 cm³/mol. The fourth-order valence-electron chi connectivity index (χ4n) is 3.56. The minimum absolute atomic E-state index is 0.579. The lowest BCUT2D eigenvalue weighted by atomic mass is 9.96. The lowest BCUT2D eigenvalue weighted by Crippen LogP contribution is -2.44. The highest BCUT2D eigenvalue weighted by molar-refractivity contribution is 5.80. The molecule has 1 saturated carbocycles. The van der Waals surface area contributed by atoms with E-state index in [0.29, 0.717) is 12.6 Å². The van der Waals surface area contributed by atoms with Gasteiger partial charge in [0.15, 0.2) is 5.96 Å². The number of nitrogens with zero attached hydrogens (tertiary/aromatic N) is 2. The highest BCUT2D eigenvalue weighted by Gasteiger charge is 2.14. The molecule has 2 N–H and O–H groups in total. The van der Waals surface area contributed by atoms with Crippen molar-refractivity contribution in [2.24, 2.45) is 4.99 Å². The highest BCUT2D eigenvalue weighted by Crippen LogP contribution is 2.18. The molecule has 0 atom stereocenters. The third-order valence-corrected chi connectivity index (χ3v) is 5.02. The van der Waals surface area contributed by atoms with Crippen molar-refractivity contribution < 1.29 is 4.74 Å². The van der Waals surface area contributed by atoms with Crippen LogP contribution in [0.4, 0.5) is 5.69 Å². The minimum atomic E-state index is 0.579. The van der Waals surface area contributed by atoms with Gasteiger partial charge in [0.1, 0.15) is 0 Å². The van der Waals surface area contributed by atoms with Crippen LogP contribution in [0.25, 0.3) is 0 Å². The van der Waals surface area contributed by atoms with Gasteiger partial charge < -0.3 is 20.3 Å². The van der Waals surface area contributed by atoms with Crippen molar-refractivity contribution in [2.75, 3.05) is 37.7 Å². The first kappa shape index (κ1) is 18.1. The molecule has 0 spiro atoms. The highest BCUT2D eigenvalue weighted by atomic mass is 16.5. The largest absolute Gasteiger partial charge is 0.378 e. The van der Waals surface area contributed by atoms with E-state index in [4.69, 9.17) is 9.73 Å². The normalized spacial score (nSPS) is 19.7. The van der Waals surface area contributed by atoms with E-state index in [1.807, 2.05) is 0 Å². The van der Waals surface area contributed by atoms with E-state index in [-0.39, 0.29) is 0 Å². The molecule has 0 aromatic heterocycles. The summed E-state index contributed by atoms with van der Waals surface area (Å²) in [6, 6.07) is 9.38. The van der Waals surface area contributed by atoms with Crippen molar-refractivity contribution in [3.63, 3.8) is 0 Å². The summed E-state index contributed by atoms with van der Waals surface area (Å²) >= 11 is 0. The van der Waals surface area contributed by atoms with Crippen molar-refractivity contribution in [3.05, 3.63) is 29.8 Å². The van der Waals surface area contributed by atoms with Gasteiger partial charge in [0.05, 0.1) is 19.8 Å². The average molecular weight is 345 g/mol. The number of benzene rings is 1. The summed E-state index contributed by atoms with van der Waals surface area (Å²) in [5.41, 5.74) is 2.53. The zero-order valence-corrected chi connectivity index (χ0v) is 15.5. The van der Waals surface area contributed by atoms with Crippen LogP contribution in [-0.4, -0.2) is 44.8 Å². The Kier molecular flexibility index (Phi) is 6.98. The zero-order chi connectivity index (χ0) is 17.3. The second kappa shape index (κ2) is 9.66. The molecule has 1 heterocycles. The van der Waals surface area contributed by atoms with Gasteiger partial charge in [0.25, 0.3) is 0 Å². The van der Waals surface area contributed by atoms with Crippen LogP contribution in [0.1, 0.15) is 44.6 Å².